The Labute approximate surface area is 176 Å². The first-order valence-corrected chi connectivity index (χ1v) is 10.5. The molecule has 0 radical (unpaired) electrons. The number of aromatic nitrogens is 1. The van der Waals surface area contributed by atoms with E-state index in [-0.39, 0.29) is 5.91 Å². The van der Waals surface area contributed by atoms with Crippen molar-refractivity contribution in [2.24, 2.45) is 0 Å². The lowest BCUT2D eigenvalue weighted by Gasteiger charge is -2.27. The van der Waals surface area contributed by atoms with E-state index >= 15 is 0 Å². The van der Waals surface area contributed by atoms with Crippen LogP contribution in [0.3, 0.4) is 0 Å². The number of carbonyl (C=O) groups excluding carboxylic acids is 1. The van der Waals surface area contributed by atoms with Crippen molar-refractivity contribution in [1.82, 2.24) is 4.98 Å². The highest BCUT2D eigenvalue weighted by molar-refractivity contribution is 7.22. The third-order valence-corrected chi connectivity index (χ3v) is 6.39. The molecule has 0 fully saturated rings. The van der Waals surface area contributed by atoms with E-state index in [4.69, 9.17) is 9.72 Å². The summed E-state index contributed by atoms with van der Waals surface area (Å²) >= 11 is 1.49. The number of nitrogens with zero attached hydrogens (tertiary/aromatic N) is 1. The van der Waals surface area contributed by atoms with Crippen LogP contribution in [-0.2, 0) is 4.79 Å². The smallest absolute Gasteiger partial charge is 0.238 e. The van der Waals surface area contributed by atoms with Gasteiger partial charge in [-0.1, -0.05) is 78.1 Å². The molecule has 5 heteroatoms. The van der Waals surface area contributed by atoms with Gasteiger partial charge in [0.05, 0.1) is 16.1 Å². The van der Waals surface area contributed by atoms with E-state index < -0.39 is 5.92 Å². The summed E-state index contributed by atoms with van der Waals surface area (Å²) in [6, 6.07) is 27.7. The highest BCUT2D eigenvalue weighted by Gasteiger charge is 2.32. The Balaban J connectivity index is 1.42. The Morgan fingerprint density at radius 2 is 1.50 bits per heavy atom. The Hall–Kier alpha value is -3.70. The van der Waals surface area contributed by atoms with Crippen molar-refractivity contribution < 1.29 is 9.53 Å². The number of fused-ring (bicyclic) bond motifs is 5. The number of carbonyl (C=O) groups is 1. The predicted molar refractivity (Wildman–Crippen MR) is 121 cm³/mol. The Kier molecular flexibility index (Phi) is 3.82. The summed E-state index contributed by atoms with van der Waals surface area (Å²) in [4.78, 5) is 18.2. The van der Waals surface area contributed by atoms with Crippen LogP contribution in [0.1, 0.15) is 17.0 Å². The van der Waals surface area contributed by atoms with Crippen LogP contribution < -0.4 is 10.1 Å². The molecule has 5 aromatic rings. The fraction of sp³-hybridized carbons (Fsp3) is 0.0400. The van der Waals surface area contributed by atoms with Crippen LogP contribution in [0.15, 0.2) is 84.9 Å². The number of hydrogen-bond donors (Lipinski definition) is 1. The molecule has 4 aromatic carbocycles. The van der Waals surface area contributed by atoms with Gasteiger partial charge in [-0.2, -0.15) is 0 Å². The molecule has 0 atom stereocenters. The standard InChI is InChI=1S/C25H16N2O2S/c28-24(22-17-9-3-5-11-19(17)29-20-12-6-4-10-18(20)22)27-25-26-23-16-8-2-1-7-15(16)13-14-21(23)30-25/h1-14,22H,(H,26,27,28). The molecule has 1 N–H and O–H groups in total. The Morgan fingerprint density at radius 3 is 2.27 bits per heavy atom. The van der Waals surface area contributed by atoms with Crippen LogP contribution in [0.4, 0.5) is 5.13 Å². The normalized spacial score (nSPS) is 12.9. The maximum absolute atomic E-state index is 13.4. The highest BCUT2D eigenvalue weighted by atomic mass is 32.1. The van der Waals surface area contributed by atoms with Gasteiger partial charge in [0, 0.05) is 16.5 Å². The minimum atomic E-state index is -0.449. The molecule has 2 heterocycles. The number of benzene rings is 4. The second kappa shape index (κ2) is 6.68. The lowest BCUT2D eigenvalue weighted by atomic mass is 9.87. The SMILES string of the molecule is O=C(Nc1nc2c(ccc3ccccc32)s1)C1c2ccccc2Oc2ccccc21. The maximum atomic E-state index is 13.4. The molecule has 30 heavy (non-hydrogen) atoms. The number of thiazole rings is 1. The average molecular weight is 408 g/mol. The molecule has 0 aliphatic carbocycles. The third-order valence-electron chi connectivity index (χ3n) is 5.46. The number of rotatable bonds is 2. The highest BCUT2D eigenvalue weighted by Crippen LogP contribution is 2.44. The summed E-state index contributed by atoms with van der Waals surface area (Å²) < 4.78 is 7.06. The van der Waals surface area contributed by atoms with Crippen molar-refractivity contribution in [3.8, 4) is 11.5 Å². The van der Waals surface area contributed by atoms with Crippen molar-refractivity contribution in [1.29, 1.82) is 0 Å². The number of nitrogens with one attached hydrogen (secondary N) is 1. The summed E-state index contributed by atoms with van der Waals surface area (Å²) in [5.41, 5.74) is 2.64. The zero-order valence-electron chi connectivity index (χ0n) is 15.8. The molecule has 0 spiro atoms. The average Bonchev–Trinajstić information content (AvgIpc) is 3.20. The van der Waals surface area contributed by atoms with Gasteiger partial charge in [-0.15, -0.1) is 0 Å². The van der Waals surface area contributed by atoms with Crippen molar-refractivity contribution in [2.45, 2.75) is 5.92 Å². The summed E-state index contributed by atoms with van der Waals surface area (Å²) in [5, 5.41) is 5.90. The number of amides is 1. The number of ether oxygens (including phenoxy) is 1. The van der Waals surface area contributed by atoms with E-state index in [1.165, 1.54) is 11.3 Å². The molecular weight excluding hydrogens is 392 g/mol. The molecule has 4 nitrogen and oxygen atoms in total. The monoisotopic (exact) mass is 408 g/mol. The minimum absolute atomic E-state index is 0.110. The van der Waals surface area contributed by atoms with Gasteiger partial charge in [-0.25, -0.2) is 4.98 Å². The first kappa shape index (κ1) is 17.2. The first-order chi connectivity index (χ1) is 14.8. The third kappa shape index (κ3) is 2.67. The molecule has 0 bridgehead atoms. The fourth-order valence-electron chi connectivity index (χ4n) is 4.08. The van der Waals surface area contributed by atoms with Crippen molar-refractivity contribution in [3.05, 3.63) is 96.1 Å². The van der Waals surface area contributed by atoms with E-state index in [1.54, 1.807) is 0 Å². The molecular formula is C25H16N2O2S. The quantitative estimate of drug-likeness (QED) is 0.371. The Morgan fingerprint density at radius 1 is 0.833 bits per heavy atom. The summed E-state index contributed by atoms with van der Waals surface area (Å²) in [7, 11) is 0. The van der Waals surface area contributed by atoms with Gasteiger partial charge in [0.2, 0.25) is 5.91 Å². The molecule has 1 amide bonds. The topological polar surface area (TPSA) is 51.2 Å². The maximum Gasteiger partial charge on any atom is 0.238 e. The van der Waals surface area contributed by atoms with Gasteiger partial charge >= 0.3 is 0 Å². The molecule has 0 unspecified atom stereocenters. The summed E-state index contributed by atoms with van der Waals surface area (Å²) in [5.74, 6) is 0.870. The lowest BCUT2D eigenvalue weighted by Crippen LogP contribution is -2.24. The van der Waals surface area contributed by atoms with Crippen LogP contribution in [0.2, 0.25) is 0 Å². The summed E-state index contributed by atoms with van der Waals surface area (Å²) in [6.07, 6.45) is 0. The second-order valence-electron chi connectivity index (χ2n) is 7.25. The van der Waals surface area contributed by atoms with Gasteiger partial charge in [0.25, 0.3) is 0 Å². The van der Waals surface area contributed by atoms with Gasteiger partial charge in [-0.05, 0) is 23.6 Å². The van der Waals surface area contributed by atoms with Crippen LogP contribution in [0.5, 0.6) is 11.5 Å². The molecule has 0 saturated heterocycles. The van der Waals surface area contributed by atoms with Crippen molar-refractivity contribution >= 4 is 43.4 Å². The molecule has 0 saturated carbocycles. The van der Waals surface area contributed by atoms with Crippen molar-refractivity contribution in [2.75, 3.05) is 5.32 Å². The van der Waals surface area contributed by atoms with Gasteiger partial charge in [-0.3, -0.25) is 4.79 Å². The predicted octanol–water partition coefficient (Wildman–Crippen LogP) is 6.33. The minimum Gasteiger partial charge on any atom is -0.457 e. The molecule has 1 aliphatic rings. The van der Waals surface area contributed by atoms with Crippen LogP contribution in [0, 0.1) is 0 Å². The number of hydrogen-bond acceptors (Lipinski definition) is 4. The van der Waals surface area contributed by atoms with Gasteiger partial charge in [0.1, 0.15) is 11.5 Å². The van der Waals surface area contributed by atoms with E-state index in [2.05, 4.69) is 29.6 Å². The van der Waals surface area contributed by atoms with E-state index in [0.717, 1.165) is 32.1 Å². The molecule has 6 rings (SSSR count). The number of para-hydroxylation sites is 2. The fourth-order valence-corrected chi connectivity index (χ4v) is 4.97. The van der Waals surface area contributed by atoms with Gasteiger partial charge < -0.3 is 10.1 Å². The number of anilines is 1. The molecule has 144 valence electrons. The Bertz CT molecular complexity index is 1390. The zero-order chi connectivity index (χ0) is 20.1. The van der Waals surface area contributed by atoms with Crippen LogP contribution in [-0.4, -0.2) is 10.9 Å². The molecule has 1 aromatic heterocycles. The first-order valence-electron chi connectivity index (χ1n) is 9.73. The second-order valence-corrected chi connectivity index (χ2v) is 8.28. The van der Waals surface area contributed by atoms with E-state index in [0.29, 0.717) is 16.6 Å². The van der Waals surface area contributed by atoms with E-state index in [9.17, 15) is 4.79 Å². The van der Waals surface area contributed by atoms with Crippen LogP contribution in [0.25, 0.3) is 21.0 Å². The van der Waals surface area contributed by atoms with Crippen LogP contribution >= 0.6 is 11.3 Å². The molecule has 1 aliphatic heterocycles. The van der Waals surface area contributed by atoms with Gasteiger partial charge in [0.15, 0.2) is 5.13 Å². The zero-order valence-corrected chi connectivity index (χ0v) is 16.6. The van der Waals surface area contributed by atoms with E-state index in [1.807, 2.05) is 60.7 Å². The lowest BCUT2D eigenvalue weighted by molar-refractivity contribution is -0.116. The van der Waals surface area contributed by atoms with Crippen molar-refractivity contribution in [3.63, 3.8) is 0 Å². The summed E-state index contributed by atoms with van der Waals surface area (Å²) in [6.45, 7) is 0. The largest absolute Gasteiger partial charge is 0.457 e.